The summed E-state index contributed by atoms with van der Waals surface area (Å²) in [6.07, 6.45) is 7.86. The number of benzene rings is 1. The third kappa shape index (κ3) is 2.27. The van der Waals surface area contributed by atoms with Crippen molar-refractivity contribution in [3.8, 4) is 5.75 Å². The van der Waals surface area contributed by atoms with Gasteiger partial charge in [0.1, 0.15) is 5.75 Å². The molecule has 0 aromatic heterocycles. The second kappa shape index (κ2) is 4.82. The molecule has 2 nitrogen and oxygen atoms in total. The first-order chi connectivity index (χ1) is 9.13. The summed E-state index contributed by atoms with van der Waals surface area (Å²) >= 11 is 0. The van der Waals surface area contributed by atoms with Crippen molar-refractivity contribution in [2.24, 2.45) is 5.73 Å². The van der Waals surface area contributed by atoms with E-state index in [9.17, 15) is 0 Å². The first kappa shape index (κ1) is 13.0. The van der Waals surface area contributed by atoms with Crippen molar-refractivity contribution in [1.82, 2.24) is 0 Å². The molecule has 0 bridgehead atoms. The predicted octanol–water partition coefficient (Wildman–Crippen LogP) is 3.70. The van der Waals surface area contributed by atoms with Crippen molar-refractivity contribution in [3.63, 3.8) is 0 Å². The summed E-state index contributed by atoms with van der Waals surface area (Å²) in [6, 6.07) is 6.66. The molecule has 2 fully saturated rings. The molecule has 2 saturated carbocycles. The molecule has 1 unspecified atom stereocenters. The second-order valence-electron chi connectivity index (χ2n) is 6.42. The third-order valence-corrected chi connectivity index (χ3v) is 4.99. The molecule has 0 heterocycles. The minimum absolute atomic E-state index is 0.180. The van der Waals surface area contributed by atoms with Gasteiger partial charge in [-0.15, -0.1) is 0 Å². The minimum atomic E-state index is 0.180. The SMILES string of the molecule is Cc1cccc(OC2CCCC2)c1C1(C(C)N)CC1. The average Bonchev–Trinajstić information content (AvgIpc) is 3.01. The van der Waals surface area contributed by atoms with Gasteiger partial charge in [-0.3, -0.25) is 0 Å². The smallest absolute Gasteiger partial charge is 0.123 e. The van der Waals surface area contributed by atoms with E-state index < -0.39 is 0 Å². The molecule has 19 heavy (non-hydrogen) atoms. The van der Waals surface area contributed by atoms with E-state index in [2.05, 4.69) is 32.0 Å². The molecule has 2 aliphatic rings. The summed E-state index contributed by atoms with van der Waals surface area (Å²) < 4.78 is 6.31. The van der Waals surface area contributed by atoms with Crippen LogP contribution in [0.1, 0.15) is 56.6 Å². The lowest BCUT2D eigenvalue weighted by Crippen LogP contribution is -2.33. The van der Waals surface area contributed by atoms with Gasteiger partial charge in [-0.25, -0.2) is 0 Å². The van der Waals surface area contributed by atoms with E-state index in [-0.39, 0.29) is 11.5 Å². The van der Waals surface area contributed by atoms with Crippen molar-refractivity contribution in [3.05, 3.63) is 29.3 Å². The fraction of sp³-hybridized carbons (Fsp3) is 0.647. The van der Waals surface area contributed by atoms with Gasteiger partial charge in [-0.05, 0) is 64.0 Å². The van der Waals surface area contributed by atoms with Crippen molar-refractivity contribution < 1.29 is 4.74 Å². The van der Waals surface area contributed by atoms with E-state index in [1.54, 1.807) is 0 Å². The van der Waals surface area contributed by atoms with Crippen LogP contribution in [0.3, 0.4) is 0 Å². The van der Waals surface area contributed by atoms with Crippen molar-refractivity contribution in [2.75, 3.05) is 0 Å². The minimum Gasteiger partial charge on any atom is -0.490 e. The Hall–Kier alpha value is -1.02. The quantitative estimate of drug-likeness (QED) is 0.895. The third-order valence-electron chi connectivity index (χ3n) is 4.99. The average molecular weight is 259 g/mol. The Morgan fingerprint density at radius 3 is 2.53 bits per heavy atom. The van der Waals surface area contributed by atoms with Crippen LogP contribution >= 0.6 is 0 Å². The first-order valence-electron chi connectivity index (χ1n) is 7.66. The highest BCUT2D eigenvalue weighted by Crippen LogP contribution is 2.54. The van der Waals surface area contributed by atoms with Gasteiger partial charge in [0.05, 0.1) is 6.10 Å². The maximum absolute atomic E-state index is 6.31. The lowest BCUT2D eigenvalue weighted by atomic mass is 9.85. The van der Waals surface area contributed by atoms with Crippen molar-refractivity contribution in [1.29, 1.82) is 0 Å². The molecular formula is C17H25NO. The Morgan fingerprint density at radius 2 is 1.95 bits per heavy atom. The topological polar surface area (TPSA) is 35.2 Å². The van der Waals surface area contributed by atoms with E-state index in [0.29, 0.717) is 6.10 Å². The molecule has 2 aliphatic carbocycles. The second-order valence-corrected chi connectivity index (χ2v) is 6.42. The van der Waals surface area contributed by atoms with Gasteiger partial charge in [0.15, 0.2) is 0 Å². The van der Waals surface area contributed by atoms with Crippen LogP contribution in [0.2, 0.25) is 0 Å². The summed E-state index contributed by atoms with van der Waals surface area (Å²) in [7, 11) is 0. The van der Waals surface area contributed by atoms with Gasteiger partial charge in [0.2, 0.25) is 0 Å². The standard InChI is InChI=1S/C17H25NO/c1-12-6-5-9-15(19-14-7-3-4-8-14)16(12)17(10-11-17)13(2)18/h5-6,9,13-14H,3-4,7-8,10-11,18H2,1-2H3. The largest absolute Gasteiger partial charge is 0.490 e. The molecular weight excluding hydrogens is 234 g/mol. The van der Waals surface area contributed by atoms with Crippen LogP contribution in [0.4, 0.5) is 0 Å². The van der Waals surface area contributed by atoms with Gasteiger partial charge in [-0.1, -0.05) is 12.1 Å². The zero-order valence-electron chi connectivity index (χ0n) is 12.1. The summed E-state index contributed by atoms with van der Waals surface area (Å²) in [5.74, 6) is 1.10. The Labute approximate surface area is 116 Å². The molecule has 0 aliphatic heterocycles. The van der Waals surface area contributed by atoms with Gasteiger partial charge in [0, 0.05) is 17.0 Å². The molecule has 3 rings (SSSR count). The van der Waals surface area contributed by atoms with E-state index in [4.69, 9.17) is 10.5 Å². The van der Waals surface area contributed by atoms with Gasteiger partial charge >= 0.3 is 0 Å². The highest BCUT2D eigenvalue weighted by molar-refractivity contribution is 5.49. The molecule has 1 aromatic carbocycles. The fourth-order valence-corrected chi connectivity index (χ4v) is 3.63. The summed E-state index contributed by atoms with van der Waals surface area (Å²) in [6.45, 7) is 4.33. The van der Waals surface area contributed by atoms with E-state index in [0.717, 1.165) is 5.75 Å². The molecule has 0 saturated heterocycles. The monoisotopic (exact) mass is 259 g/mol. The normalized spacial score (nSPS) is 23.3. The maximum atomic E-state index is 6.31. The highest BCUT2D eigenvalue weighted by Gasteiger charge is 2.50. The van der Waals surface area contributed by atoms with Crippen LogP contribution in [0.15, 0.2) is 18.2 Å². The van der Waals surface area contributed by atoms with Crippen LogP contribution in [-0.4, -0.2) is 12.1 Å². The van der Waals surface area contributed by atoms with E-state index in [1.165, 1.54) is 49.7 Å². The predicted molar refractivity (Wildman–Crippen MR) is 78.6 cm³/mol. The highest BCUT2D eigenvalue weighted by atomic mass is 16.5. The summed E-state index contributed by atoms with van der Waals surface area (Å²) in [5, 5.41) is 0. The molecule has 0 spiro atoms. The molecule has 1 aromatic rings. The number of ether oxygens (including phenoxy) is 1. The Bertz CT molecular complexity index is 456. The van der Waals surface area contributed by atoms with Crippen LogP contribution in [0.5, 0.6) is 5.75 Å². The first-order valence-corrected chi connectivity index (χ1v) is 7.66. The van der Waals surface area contributed by atoms with Crippen molar-refractivity contribution >= 4 is 0 Å². The Balaban J connectivity index is 1.93. The zero-order chi connectivity index (χ0) is 13.5. The number of rotatable bonds is 4. The lowest BCUT2D eigenvalue weighted by molar-refractivity contribution is 0.205. The number of aryl methyl sites for hydroxylation is 1. The summed E-state index contributed by atoms with van der Waals surface area (Å²) in [4.78, 5) is 0. The van der Waals surface area contributed by atoms with Gasteiger partial charge in [-0.2, -0.15) is 0 Å². The molecule has 2 N–H and O–H groups in total. The van der Waals surface area contributed by atoms with Crippen LogP contribution < -0.4 is 10.5 Å². The van der Waals surface area contributed by atoms with E-state index in [1.807, 2.05) is 0 Å². The van der Waals surface area contributed by atoms with Crippen LogP contribution in [0, 0.1) is 6.92 Å². The number of hydrogen-bond donors (Lipinski definition) is 1. The molecule has 104 valence electrons. The number of nitrogens with two attached hydrogens (primary N) is 1. The van der Waals surface area contributed by atoms with Gasteiger partial charge in [0.25, 0.3) is 0 Å². The Morgan fingerprint density at radius 1 is 1.26 bits per heavy atom. The lowest BCUT2D eigenvalue weighted by Gasteiger charge is -2.26. The fourth-order valence-electron chi connectivity index (χ4n) is 3.63. The van der Waals surface area contributed by atoms with Crippen LogP contribution in [-0.2, 0) is 5.41 Å². The molecule has 1 atom stereocenters. The van der Waals surface area contributed by atoms with E-state index >= 15 is 0 Å². The summed E-state index contributed by atoms with van der Waals surface area (Å²) in [5.41, 5.74) is 9.16. The molecule has 0 amide bonds. The number of hydrogen-bond acceptors (Lipinski definition) is 2. The van der Waals surface area contributed by atoms with Crippen LogP contribution in [0.25, 0.3) is 0 Å². The van der Waals surface area contributed by atoms with Crippen molar-refractivity contribution in [2.45, 2.75) is 69.9 Å². The molecule has 0 radical (unpaired) electrons. The van der Waals surface area contributed by atoms with Gasteiger partial charge < -0.3 is 10.5 Å². The zero-order valence-corrected chi connectivity index (χ0v) is 12.1. The Kier molecular flexibility index (Phi) is 3.30. The maximum Gasteiger partial charge on any atom is 0.123 e. The molecule has 2 heteroatoms.